The van der Waals surface area contributed by atoms with Crippen molar-refractivity contribution in [2.24, 2.45) is 0 Å². The van der Waals surface area contributed by atoms with Gasteiger partial charge >= 0.3 is 0 Å². The molecule has 0 aliphatic rings. The summed E-state index contributed by atoms with van der Waals surface area (Å²) in [5.41, 5.74) is 11.9. The average molecular weight is 337 g/mol. The standard InChI is InChI=1S/C25H36/c1-16-11-20(12-17(2)22(16)24(5,6)7)15-21-13-18(3)23(19(4)14-21)25(8,9)10/h11-14H,15H2,1-10H3. The van der Waals surface area contributed by atoms with Crippen LogP contribution in [0.5, 0.6) is 0 Å². The number of benzene rings is 2. The van der Waals surface area contributed by atoms with E-state index in [4.69, 9.17) is 0 Å². The van der Waals surface area contributed by atoms with Gasteiger partial charge in [0, 0.05) is 0 Å². The Morgan fingerprint density at radius 3 is 0.960 bits per heavy atom. The molecule has 0 spiro atoms. The van der Waals surface area contributed by atoms with E-state index in [1.165, 1.54) is 44.5 Å². The first-order valence-electron chi connectivity index (χ1n) is 9.52. The van der Waals surface area contributed by atoms with E-state index < -0.39 is 0 Å². The lowest BCUT2D eigenvalue weighted by molar-refractivity contribution is 0.581. The maximum Gasteiger partial charge on any atom is -0.00254 e. The van der Waals surface area contributed by atoms with Crippen molar-refractivity contribution in [2.45, 2.75) is 86.5 Å². The zero-order valence-electron chi connectivity index (χ0n) is 18.0. The molecule has 0 N–H and O–H groups in total. The molecule has 0 aliphatic heterocycles. The van der Waals surface area contributed by atoms with Gasteiger partial charge in [0.15, 0.2) is 0 Å². The summed E-state index contributed by atoms with van der Waals surface area (Å²) in [6.07, 6.45) is 1.01. The number of hydrogen-bond donors (Lipinski definition) is 0. The van der Waals surface area contributed by atoms with Gasteiger partial charge in [0.1, 0.15) is 0 Å². The summed E-state index contributed by atoms with van der Waals surface area (Å²) in [6, 6.07) is 9.54. The molecule has 0 bridgehead atoms. The predicted molar refractivity (Wildman–Crippen MR) is 112 cm³/mol. The Morgan fingerprint density at radius 1 is 0.520 bits per heavy atom. The van der Waals surface area contributed by atoms with Crippen LogP contribution in [0.4, 0.5) is 0 Å². The van der Waals surface area contributed by atoms with Crippen LogP contribution in [0.2, 0.25) is 0 Å². The number of rotatable bonds is 2. The van der Waals surface area contributed by atoms with Gasteiger partial charge in [-0.15, -0.1) is 0 Å². The lowest BCUT2D eigenvalue weighted by Crippen LogP contribution is -2.16. The summed E-state index contributed by atoms with van der Waals surface area (Å²) < 4.78 is 0. The van der Waals surface area contributed by atoms with E-state index in [0.717, 1.165) is 6.42 Å². The molecule has 0 aromatic heterocycles. The fraction of sp³-hybridized carbons (Fsp3) is 0.520. The number of aryl methyl sites for hydroxylation is 4. The van der Waals surface area contributed by atoms with Gasteiger partial charge in [0.2, 0.25) is 0 Å². The first kappa shape index (κ1) is 19.8. The second kappa shape index (κ2) is 6.63. The van der Waals surface area contributed by atoms with Crippen molar-refractivity contribution in [3.63, 3.8) is 0 Å². The van der Waals surface area contributed by atoms with E-state index >= 15 is 0 Å². The lowest BCUT2D eigenvalue weighted by Gasteiger charge is -2.26. The van der Waals surface area contributed by atoms with Crippen LogP contribution in [-0.4, -0.2) is 0 Å². The molecule has 0 amide bonds. The molecule has 2 rings (SSSR count). The molecular formula is C25H36. The molecule has 0 unspecified atom stereocenters. The molecule has 0 heterocycles. The molecule has 0 nitrogen and oxygen atoms in total. The summed E-state index contributed by atoms with van der Waals surface area (Å²) >= 11 is 0. The molecule has 0 heteroatoms. The van der Waals surface area contributed by atoms with Crippen molar-refractivity contribution in [1.29, 1.82) is 0 Å². The summed E-state index contributed by atoms with van der Waals surface area (Å²) in [6.45, 7) is 22.9. The highest BCUT2D eigenvalue weighted by Gasteiger charge is 2.21. The van der Waals surface area contributed by atoms with Crippen molar-refractivity contribution in [3.05, 3.63) is 68.8 Å². The maximum absolute atomic E-state index is 2.38. The molecule has 0 saturated heterocycles. The Kier molecular flexibility index (Phi) is 5.24. The van der Waals surface area contributed by atoms with Crippen molar-refractivity contribution in [1.82, 2.24) is 0 Å². The molecule has 136 valence electrons. The minimum Gasteiger partial charge on any atom is -0.0561 e. The van der Waals surface area contributed by atoms with E-state index in [9.17, 15) is 0 Å². The fourth-order valence-electron chi connectivity index (χ4n) is 4.91. The van der Waals surface area contributed by atoms with Gasteiger partial charge in [-0.3, -0.25) is 0 Å². The third-order valence-corrected chi connectivity index (χ3v) is 5.09. The molecule has 0 atom stereocenters. The van der Waals surface area contributed by atoms with Crippen LogP contribution in [0.3, 0.4) is 0 Å². The Hall–Kier alpha value is -1.56. The summed E-state index contributed by atoms with van der Waals surface area (Å²) in [5, 5.41) is 0. The van der Waals surface area contributed by atoms with Gasteiger partial charge in [-0.1, -0.05) is 65.8 Å². The van der Waals surface area contributed by atoms with Gasteiger partial charge in [0.05, 0.1) is 0 Å². The van der Waals surface area contributed by atoms with Crippen LogP contribution < -0.4 is 0 Å². The second-order valence-electron chi connectivity index (χ2n) is 9.89. The highest BCUT2D eigenvalue weighted by molar-refractivity contribution is 5.46. The normalized spacial score (nSPS) is 12.6. The Morgan fingerprint density at radius 2 is 0.760 bits per heavy atom. The molecular weight excluding hydrogens is 300 g/mol. The number of hydrogen-bond acceptors (Lipinski definition) is 0. The highest BCUT2D eigenvalue weighted by atomic mass is 14.3. The fourth-order valence-corrected chi connectivity index (χ4v) is 4.91. The molecule has 0 aliphatic carbocycles. The van der Waals surface area contributed by atoms with Gasteiger partial charge < -0.3 is 0 Å². The van der Waals surface area contributed by atoms with Gasteiger partial charge in [-0.05, 0) is 89.5 Å². The van der Waals surface area contributed by atoms with E-state index in [2.05, 4.69) is 93.5 Å². The Labute approximate surface area is 155 Å². The molecule has 2 aromatic rings. The second-order valence-corrected chi connectivity index (χ2v) is 9.89. The monoisotopic (exact) mass is 336 g/mol. The zero-order valence-corrected chi connectivity index (χ0v) is 18.0. The van der Waals surface area contributed by atoms with Crippen molar-refractivity contribution in [2.75, 3.05) is 0 Å². The van der Waals surface area contributed by atoms with E-state index in [1.807, 2.05) is 0 Å². The molecule has 0 fully saturated rings. The van der Waals surface area contributed by atoms with Crippen LogP contribution >= 0.6 is 0 Å². The van der Waals surface area contributed by atoms with Crippen LogP contribution in [0, 0.1) is 27.7 Å². The maximum atomic E-state index is 2.38. The van der Waals surface area contributed by atoms with Crippen molar-refractivity contribution >= 4 is 0 Å². The third-order valence-electron chi connectivity index (χ3n) is 5.09. The average Bonchev–Trinajstić information content (AvgIpc) is 2.32. The zero-order chi connectivity index (χ0) is 19.2. The van der Waals surface area contributed by atoms with Crippen molar-refractivity contribution in [3.8, 4) is 0 Å². The van der Waals surface area contributed by atoms with Crippen LogP contribution in [0.1, 0.15) is 86.1 Å². The van der Waals surface area contributed by atoms with Gasteiger partial charge in [0.25, 0.3) is 0 Å². The molecule has 2 aromatic carbocycles. The highest BCUT2D eigenvalue weighted by Crippen LogP contribution is 2.32. The molecule has 0 radical (unpaired) electrons. The topological polar surface area (TPSA) is 0 Å². The summed E-state index contributed by atoms with van der Waals surface area (Å²) in [7, 11) is 0. The van der Waals surface area contributed by atoms with Gasteiger partial charge in [-0.25, -0.2) is 0 Å². The quantitative estimate of drug-likeness (QED) is 0.548. The largest absolute Gasteiger partial charge is 0.0561 e. The van der Waals surface area contributed by atoms with E-state index in [-0.39, 0.29) is 10.8 Å². The van der Waals surface area contributed by atoms with Crippen LogP contribution in [0.25, 0.3) is 0 Å². The predicted octanol–water partition coefficient (Wildman–Crippen LogP) is 7.11. The smallest absolute Gasteiger partial charge is 0.00254 e. The van der Waals surface area contributed by atoms with Crippen LogP contribution in [-0.2, 0) is 17.3 Å². The minimum absolute atomic E-state index is 0.203. The third kappa shape index (κ3) is 4.35. The molecule has 25 heavy (non-hydrogen) atoms. The SMILES string of the molecule is Cc1cc(Cc2cc(C)c(C(C)(C)C)c(C)c2)cc(C)c1C(C)(C)C. The molecule has 0 saturated carbocycles. The van der Waals surface area contributed by atoms with Gasteiger partial charge in [-0.2, -0.15) is 0 Å². The van der Waals surface area contributed by atoms with E-state index in [0.29, 0.717) is 0 Å². The summed E-state index contributed by atoms with van der Waals surface area (Å²) in [5.74, 6) is 0. The Bertz CT molecular complexity index is 663. The first-order valence-corrected chi connectivity index (χ1v) is 9.52. The first-order chi connectivity index (χ1) is 11.3. The van der Waals surface area contributed by atoms with E-state index in [1.54, 1.807) is 0 Å². The lowest BCUT2D eigenvalue weighted by atomic mass is 9.79. The minimum atomic E-state index is 0.203. The van der Waals surface area contributed by atoms with Crippen LogP contribution in [0.15, 0.2) is 24.3 Å². The van der Waals surface area contributed by atoms with Crippen molar-refractivity contribution < 1.29 is 0 Å². The summed E-state index contributed by atoms with van der Waals surface area (Å²) in [4.78, 5) is 0. The Balaban J connectivity index is 2.42.